The van der Waals surface area contributed by atoms with Crippen LogP contribution < -0.4 is 0 Å². The first-order chi connectivity index (χ1) is 8.18. The van der Waals surface area contributed by atoms with Gasteiger partial charge in [0.1, 0.15) is 0 Å². The summed E-state index contributed by atoms with van der Waals surface area (Å²) in [7, 11) is 0. The zero-order chi connectivity index (χ0) is 12.0. The molecule has 0 unspecified atom stereocenters. The Labute approximate surface area is 101 Å². The highest BCUT2D eigenvalue weighted by Crippen LogP contribution is 2.32. The van der Waals surface area contributed by atoms with Crippen LogP contribution in [0.1, 0.15) is 30.9 Å². The van der Waals surface area contributed by atoms with Crippen LogP contribution in [0.25, 0.3) is 21.8 Å². The van der Waals surface area contributed by atoms with E-state index in [9.17, 15) is 0 Å². The van der Waals surface area contributed by atoms with E-state index in [0.29, 0.717) is 5.92 Å². The van der Waals surface area contributed by atoms with Gasteiger partial charge in [-0.1, -0.05) is 44.2 Å². The Morgan fingerprint density at radius 2 is 1.71 bits per heavy atom. The molecule has 3 aromatic rings. The summed E-state index contributed by atoms with van der Waals surface area (Å²) in [4.78, 5) is 3.57. The normalized spacial score (nSPS) is 11.8. The van der Waals surface area contributed by atoms with E-state index in [4.69, 9.17) is 0 Å². The van der Waals surface area contributed by atoms with Crippen LogP contribution in [0.2, 0.25) is 0 Å². The summed E-state index contributed by atoms with van der Waals surface area (Å²) in [6.07, 6.45) is 0. The fourth-order valence-corrected chi connectivity index (χ4v) is 2.79. The molecule has 1 heterocycles. The maximum absolute atomic E-state index is 3.57. The summed E-state index contributed by atoms with van der Waals surface area (Å²) in [5.41, 5.74) is 5.36. The molecule has 0 saturated carbocycles. The summed E-state index contributed by atoms with van der Waals surface area (Å²) in [6.45, 7) is 6.71. The molecule has 0 aliphatic rings. The van der Waals surface area contributed by atoms with E-state index in [1.165, 1.54) is 32.9 Å². The third-order valence-corrected chi connectivity index (χ3v) is 3.52. The predicted octanol–water partition coefficient (Wildman–Crippen LogP) is 4.75. The van der Waals surface area contributed by atoms with Crippen LogP contribution in [-0.4, -0.2) is 4.98 Å². The van der Waals surface area contributed by atoms with Crippen molar-refractivity contribution in [2.75, 3.05) is 0 Å². The number of nitrogens with one attached hydrogen (secondary N) is 1. The highest BCUT2D eigenvalue weighted by molar-refractivity contribution is 6.08. The van der Waals surface area contributed by atoms with Crippen molar-refractivity contribution in [2.24, 2.45) is 0 Å². The number of aryl methyl sites for hydroxylation is 1. The van der Waals surface area contributed by atoms with Gasteiger partial charge in [0.05, 0.1) is 5.52 Å². The zero-order valence-electron chi connectivity index (χ0n) is 10.5. The lowest BCUT2D eigenvalue weighted by Crippen LogP contribution is -1.93. The lowest BCUT2D eigenvalue weighted by Gasteiger charge is -2.10. The molecule has 1 aromatic heterocycles. The summed E-state index contributed by atoms with van der Waals surface area (Å²) < 4.78 is 0. The van der Waals surface area contributed by atoms with E-state index in [0.717, 1.165) is 0 Å². The number of H-pyrrole nitrogens is 1. The Morgan fingerprint density at radius 1 is 0.941 bits per heavy atom. The maximum Gasteiger partial charge on any atom is 0.0502 e. The van der Waals surface area contributed by atoms with Crippen molar-refractivity contribution in [2.45, 2.75) is 26.7 Å². The van der Waals surface area contributed by atoms with E-state index >= 15 is 0 Å². The highest BCUT2D eigenvalue weighted by Gasteiger charge is 2.12. The Kier molecular flexibility index (Phi) is 2.22. The van der Waals surface area contributed by atoms with Crippen LogP contribution in [0.3, 0.4) is 0 Å². The second-order valence-electron chi connectivity index (χ2n) is 5.04. The monoisotopic (exact) mass is 223 g/mol. The first-order valence-electron chi connectivity index (χ1n) is 6.18. The Morgan fingerprint density at radius 3 is 2.47 bits per heavy atom. The molecule has 0 spiro atoms. The van der Waals surface area contributed by atoms with Gasteiger partial charge in [-0.2, -0.15) is 0 Å². The average molecular weight is 223 g/mol. The van der Waals surface area contributed by atoms with Crippen molar-refractivity contribution >= 4 is 21.8 Å². The second-order valence-corrected chi connectivity index (χ2v) is 5.04. The second kappa shape index (κ2) is 3.63. The number of fused-ring (bicyclic) bond motifs is 3. The molecular formula is C16H17N. The molecule has 0 bridgehead atoms. The van der Waals surface area contributed by atoms with Gasteiger partial charge in [-0.25, -0.2) is 0 Å². The van der Waals surface area contributed by atoms with Gasteiger partial charge in [-0.3, -0.25) is 0 Å². The summed E-state index contributed by atoms with van der Waals surface area (Å²) in [5, 5.41) is 2.67. The van der Waals surface area contributed by atoms with Crippen LogP contribution in [0.5, 0.6) is 0 Å². The van der Waals surface area contributed by atoms with Crippen molar-refractivity contribution in [3.63, 3.8) is 0 Å². The molecule has 0 amide bonds. The number of hydrogen-bond donors (Lipinski definition) is 1. The van der Waals surface area contributed by atoms with Gasteiger partial charge < -0.3 is 4.98 Å². The minimum Gasteiger partial charge on any atom is -0.354 e. The average Bonchev–Trinajstić information content (AvgIpc) is 2.66. The van der Waals surface area contributed by atoms with Crippen LogP contribution >= 0.6 is 0 Å². The molecule has 0 saturated heterocycles. The standard InChI is InChI=1S/C16H17N/c1-10(2)15-11(3)8-9-13-12-6-4-5-7-14(12)17-16(13)15/h4-10,17H,1-3H3. The third-order valence-electron chi connectivity index (χ3n) is 3.52. The molecule has 2 aromatic carbocycles. The highest BCUT2D eigenvalue weighted by atomic mass is 14.7. The van der Waals surface area contributed by atoms with Crippen LogP contribution in [0.4, 0.5) is 0 Å². The van der Waals surface area contributed by atoms with Crippen LogP contribution in [-0.2, 0) is 0 Å². The Bertz CT molecular complexity index is 689. The Hall–Kier alpha value is -1.76. The van der Waals surface area contributed by atoms with Crippen molar-refractivity contribution in [3.8, 4) is 0 Å². The number of hydrogen-bond acceptors (Lipinski definition) is 0. The van der Waals surface area contributed by atoms with E-state index in [1.807, 2.05) is 0 Å². The summed E-state index contributed by atoms with van der Waals surface area (Å²) in [6, 6.07) is 13.0. The number of benzene rings is 2. The molecule has 3 rings (SSSR count). The van der Waals surface area contributed by atoms with E-state index in [1.54, 1.807) is 0 Å². The van der Waals surface area contributed by atoms with Gasteiger partial charge >= 0.3 is 0 Å². The number of aromatic amines is 1. The lowest BCUT2D eigenvalue weighted by molar-refractivity contribution is 0.864. The molecule has 0 radical (unpaired) electrons. The van der Waals surface area contributed by atoms with Gasteiger partial charge in [-0.05, 0) is 30.0 Å². The van der Waals surface area contributed by atoms with Crippen LogP contribution in [0.15, 0.2) is 36.4 Å². The van der Waals surface area contributed by atoms with Gasteiger partial charge in [0.2, 0.25) is 0 Å². The molecule has 0 aliphatic carbocycles. The molecule has 0 aliphatic heterocycles. The minimum atomic E-state index is 0.548. The molecule has 1 nitrogen and oxygen atoms in total. The van der Waals surface area contributed by atoms with E-state index in [-0.39, 0.29) is 0 Å². The van der Waals surface area contributed by atoms with Crippen molar-refractivity contribution in [1.29, 1.82) is 0 Å². The van der Waals surface area contributed by atoms with E-state index in [2.05, 4.69) is 62.2 Å². The first-order valence-corrected chi connectivity index (χ1v) is 6.18. The van der Waals surface area contributed by atoms with E-state index < -0.39 is 0 Å². The number of rotatable bonds is 1. The first kappa shape index (κ1) is 10.4. The smallest absolute Gasteiger partial charge is 0.0502 e. The SMILES string of the molecule is Cc1ccc2c([nH]c3ccccc32)c1C(C)C. The van der Waals surface area contributed by atoms with Gasteiger partial charge in [0.25, 0.3) is 0 Å². The van der Waals surface area contributed by atoms with Gasteiger partial charge in [0, 0.05) is 16.3 Å². The molecular weight excluding hydrogens is 206 g/mol. The zero-order valence-corrected chi connectivity index (χ0v) is 10.5. The Balaban J connectivity index is 2.51. The van der Waals surface area contributed by atoms with Crippen molar-refractivity contribution in [1.82, 2.24) is 4.98 Å². The number of aromatic nitrogens is 1. The minimum absolute atomic E-state index is 0.548. The number of para-hydroxylation sites is 1. The summed E-state index contributed by atoms with van der Waals surface area (Å²) in [5.74, 6) is 0.548. The predicted molar refractivity (Wildman–Crippen MR) is 74.6 cm³/mol. The third kappa shape index (κ3) is 1.46. The molecule has 0 atom stereocenters. The quantitative estimate of drug-likeness (QED) is 0.612. The topological polar surface area (TPSA) is 15.8 Å². The fraction of sp³-hybridized carbons (Fsp3) is 0.250. The lowest BCUT2D eigenvalue weighted by atomic mass is 9.95. The van der Waals surface area contributed by atoms with Gasteiger partial charge in [-0.15, -0.1) is 0 Å². The molecule has 1 heteroatoms. The van der Waals surface area contributed by atoms with Crippen LogP contribution in [0, 0.1) is 6.92 Å². The molecule has 86 valence electrons. The van der Waals surface area contributed by atoms with Gasteiger partial charge in [0.15, 0.2) is 0 Å². The largest absolute Gasteiger partial charge is 0.354 e. The molecule has 1 N–H and O–H groups in total. The van der Waals surface area contributed by atoms with Crippen molar-refractivity contribution in [3.05, 3.63) is 47.5 Å². The summed E-state index contributed by atoms with van der Waals surface area (Å²) >= 11 is 0. The maximum atomic E-state index is 3.57. The molecule has 0 fully saturated rings. The molecule has 17 heavy (non-hydrogen) atoms. The fourth-order valence-electron chi connectivity index (χ4n) is 2.79. The van der Waals surface area contributed by atoms with Crippen molar-refractivity contribution < 1.29 is 0 Å².